The maximum absolute atomic E-state index is 11.7. The van der Waals surface area contributed by atoms with Crippen molar-refractivity contribution in [2.45, 2.75) is 19.8 Å². The van der Waals surface area contributed by atoms with Gasteiger partial charge in [-0.2, -0.15) is 0 Å². The number of carbonyl (C=O) groups excluding carboxylic acids is 1. The third-order valence-corrected chi connectivity index (χ3v) is 2.13. The number of aliphatic carboxylic acids is 1. The molecule has 0 saturated heterocycles. The number of hydrogen-bond donors (Lipinski definition) is 1. The van der Waals surface area contributed by atoms with Gasteiger partial charge in [0.15, 0.2) is 0 Å². The second kappa shape index (κ2) is 5.90. The van der Waals surface area contributed by atoms with Gasteiger partial charge in [0.25, 0.3) is 0 Å². The monoisotopic (exact) mass is 221 g/mol. The molecule has 0 aromatic heterocycles. The van der Waals surface area contributed by atoms with Crippen molar-refractivity contribution in [3.63, 3.8) is 0 Å². The summed E-state index contributed by atoms with van der Waals surface area (Å²) >= 11 is 0. The van der Waals surface area contributed by atoms with E-state index in [1.54, 1.807) is 24.3 Å². The molecule has 0 radical (unpaired) electrons. The van der Waals surface area contributed by atoms with Crippen LogP contribution in [0, 0.1) is 0 Å². The Labute approximate surface area is 94.5 Å². The first-order chi connectivity index (χ1) is 7.65. The van der Waals surface area contributed by atoms with E-state index in [4.69, 9.17) is 5.11 Å². The van der Waals surface area contributed by atoms with E-state index in [0.29, 0.717) is 18.5 Å². The van der Waals surface area contributed by atoms with Crippen molar-refractivity contribution in [3.8, 4) is 0 Å². The van der Waals surface area contributed by atoms with Gasteiger partial charge < -0.3 is 10.0 Å². The molecule has 4 heteroatoms. The van der Waals surface area contributed by atoms with Crippen LogP contribution < -0.4 is 4.90 Å². The lowest BCUT2D eigenvalue weighted by molar-refractivity contribution is -0.136. The van der Waals surface area contributed by atoms with Gasteiger partial charge in [0.2, 0.25) is 5.91 Å². The van der Waals surface area contributed by atoms with Crippen LogP contribution in [0.5, 0.6) is 0 Å². The first-order valence-electron chi connectivity index (χ1n) is 5.22. The maximum atomic E-state index is 11.7. The summed E-state index contributed by atoms with van der Waals surface area (Å²) in [6.07, 6.45) is 1.07. The predicted octanol–water partition coefficient (Wildman–Crippen LogP) is 1.90. The van der Waals surface area contributed by atoms with Gasteiger partial charge in [0, 0.05) is 12.1 Å². The zero-order valence-corrected chi connectivity index (χ0v) is 9.22. The van der Waals surface area contributed by atoms with E-state index in [9.17, 15) is 9.59 Å². The van der Waals surface area contributed by atoms with E-state index < -0.39 is 5.97 Å². The Morgan fingerprint density at radius 3 is 2.38 bits per heavy atom. The van der Waals surface area contributed by atoms with E-state index in [1.165, 1.54) is 4.90 Å². The Kier molecular flexibility index (Phi) is 4.51. The first kappa shape index (κ1) is 12.2. The van der Waals surface area contributed by atoms with Crippen molar-refractivity contribution < 1.29 is 14.7 Å². The van der Waals surface area contributed by atoms with Crippen LogP contribution >= 0.6 is 0 Å². The van der Waals surface area contributed by atoms with Crippen LogP contribution in [-0.4, -0.2) is 23.5 Å². The number of rotatable bonds is 5. The summed E-state index contributed by atoms with van der Waals surface area (Å²) in [5.41, 5.74) is 0.628. The summed E-state index contributed by atoms with van der Waals surface area (Å²) < 4.78 is 0. The highest BCUT2D eigenvalue weighted by atomic mass is 16.4. The standard InChI is InChI=1S/C12H15NO3/c1-2-6-11(14)13(9-12(15)16)10-7-4-3-5-8-10/h3-5,7-8H,2,6,9H2,1H3,(H,15,16). The van der Waals surface area contributed by atoms with Gasteiger partial charge in [-0.3, -0.25) is 9.59 Å². The molecule has 0 fully saturated rings. The van der Waals surface area contributed by atoms with E-state index in [2.05, 4.69) is 0 Å². The fraction of sp³-hybridized carbons (Fsp3) is 0.333. The van der Waals surface area contributed by atoms with Gasteiger partial charge in [-0.25, -0.2) is 0 Å². The number of benzene rings is 1. The smallest absolute Gasteiger partial charge is 0.323 e. The molecule has 0 atom stereocenters. The second-order valence-electron chi connectivity index (χ2n) is 3.46. The van der Waals surface area contributed by atoms with Crippen LogP contribution in [0.1, 0.15) is 19.8 Å². The van der Waals surface area contributed by atoms with E-state index >= 15 is 0 Å². The molecule has 1 aromatic carbocycles. The number of carbonyl (C=O) groups is 2. The Hall–Kier alpha value is -1.84. The van der Waals surface area contributed by atoms with Crippen LogP contribution in [0.25, 0.3) is 0 Å². The third-order valence-electron chi connectivity index (χ3n) is 2.13. The Balaban J connectivity index is 2.87. The molecule has 1 rings (SSSR count). The molecule has 1 aromatic rings. The minimum absolute atomic E-state index is 0.156. The van der Waals surface area contributed by atoms with Crippen LogP contribution in [0.2, 0.25) is 0 Å². The number of nitrogens with zero attached hydrogens (tertiary/aromatic N) is 1. The van der Waals surface area contributed by atoms with Gasteiger partial charge in [-0.05, 0) is 18.6 Å². The zero-order chi connectivity index (χ0) is 12.0. The number of anilines is 1. The highest BCUT2D eigenvalue weighted by molar-refractivity contribution is 5.97. The molecule has 4 nitrogen and oxygen atoms in total. The fourth-order valence-electron chi connectivity index (χ4n) is 1.42. The van der Waals surface area contributed by atoms with Crippen molar-refractivity contribution in [3.05, 3.63) is 30.3 Å². The van der Waals surface area contributed by atoms with E-state index in [1.807, 2.05) is 13.0 Å². The van der Waals surface area contributed by atoms with Crippen molar-refractivity contribution in [1.82, 2.24) is 0 Å². The molecule has 1 N–H and O–H groups in total. The quantitative estimate of drug-likeness (QED) is 0.826. The van der Waals surface area contributed by atoms with Gasteiger partial charge in [0.1, 0.15) is 6.54 Å². The first-order valence-corrected chi connectivity index (χ1v) is 5.22. The van der Waals surface area contributed by atoms with Crippen LogP contribution in [0.3, 0.4) is 0 Å². The Morgan fingerprint density at radius 2 is 1.88 bits per heavy atom. The molecule has 0 aliphatic heterocycles. The average molecular weight is 221 g/mol. The molecule has 0 saturated carbocycles. The van der Waals surface area contributed by atoms with Gasteiger partial charge in [0.05, 0.1) is 0 Å². The normalized spacial score (nSPS) is 9.81. The second-order valence-corrected chi connectivity index (χ2v) is 3.46. The summed E-state index contributed by atoms with van der Waals surface area (Å²) in [4.78, 5) is 23.7. The summed E-state index contributed by atoms with van der Waals surface area (Å²) in [5.74, 6) is -1.16. The van der Waals surface area contributed by atoms with Gasteiger partial charge in [-0.15, -0.1) is 0 Å². The molecule has 0 aliphatic rings. The van der Waals surface area contributed by atoms with Crippen molar-refractivity contribution in [2.24, 2.45) is 0 Å². The molecule has 0 bridgehead atoms. The molecule has 16 heavy (non-hydrogen) atoms. The Morgan fingerprint density at radius 1 is 1.25 bits per heavy atom. The molecule has 0 aliphatic carbocycles. The highest BCUT2D eigenvalue weighted by Gasteiger charge is 2.17. The molecule has 86 valence electrons. The number of carboxylic acid groups (broad SMARTS) is 1. The molecule has 0 unspecified atom stereocenters. The van der Waals surface area contributed by atoms with Crippen LogP contribution in [0.4, 0.5) is 5.69 Å². The number of amides is 1. The van der Waals surface area contributed by atoms with Crippen molar-refractivity contribution in [2.75, 3.05) is 11.4 Å². The Bertz CT molecular complexity index is 362. The van der Waals surface area contributed by atoms with Crippen LogP contribution in [0.15, 0.2) is 30.3 Å². The number of carboxylic acids is 1. The van der Waals surface area contributed by atoms with Crippen molar-refractivity contribution in [1.29, 1.82) is 0 Å². The van der Waals surface area contributed by atoms with Crippen LogP contribution in [-0.2, 0) is 9.59 Å². The van der Waals surface area contributed by atoms with Gasteiger partial charge >= 0.3 is 5.97 Å². The highest BCUT2D eigenvalue weighted by Crippen LogP contribution is 2.14. The average Bonchev–Trinajstić information content (AvgIpc) is 2.27. The lowest BCUT2D eigenvalue weighted by Gasteiger charge is -2.20. The summed E-state index contributed by atoms with van der Waals surface area (Å²) in [5, 5.41) is 8.77. The minimum atomic E-state index is -1.01. The number of hydrogen-bond acceptors (Lipinski definition) is 2. The molecular formula is C12H15NO3. The predicted molar refractivity (Wildman–Crippen MR) is 61.3 cm³/mol. The molecular weight excluding hydrogens is 206 g/mol. The van der Waals surface area contributed by atoms with E-state index in [-0.39, 0.29) is 12.5 Å². The fourth-order valence-corrected chi connectivity index (χ4v) is 1.42. The van der Waals surface area contributed by atoms with Crippen molar-refractivity contribution >= 4 is 17.6 Å². The zero-order valence-electron chi connectivity index (χ0n) is 9.22. The molecule has 0 heterocycles. The number of para-hydroxylation sites is 1. The van der Waals surface area contributed by atoms with E-state index in [0.717, 1.165) is 0 Å². The summed E-state index contributed by atoms with van der Waals surface area (Å²) in [7, 11) is 0. The molecule has 1 amide bonds. The maximum Gasteiger partial charge on any atom is 0.323 e. The largest absolute Gasteiger partial charge is 0.480 e. The van der Waals surface area contributed by atoms with Gasteiger partial charge in [-0.1, -0.05) is 25.1 Å². The lowest BCUT2D eigenvalue weighted by atomic mass is 10.2. The molecule has 0 spiro atoms. The lowest BCUT2D eigenvalue weighted by Crippen LogP contribution is -2.35. The third kappa shape index (κ3) is 3.38. The topological polar surface area (TPSA) is 57.6 Å². The SMILES string of the molecule is CCCC(=O)N(CC(=O)O)c1ccccc1. The minimum Gasteiger partial charge on any atom is -0.480 e. The summed E-state index contributed by atoms with van der Waals surface area (Å²) in [6.45, 7) is 1.60. The summed E-state index contributed by atoms with van der Waals surface area (Å²) in [6, 6.07) is 8.85.